The lowest BCUT2D eigenvalue weighted by Gasteiger charge is -2.09. The highest BCUT2D eigenvalue weighted by molar-refractivity contribution is 14.1. The van der Waals surface area contributed by atoms with E-state index >= 15 is 0 Å². The first-order valence-electron chi connectivity index (χ1n) is 5.82. The van der Waals surface area contributed by atoms with Gasteiger partial charge in [0.2, 0.25) is 0 Å². The molecule has 0 bridgehead atoms. The van der Waals surface area contributed by atoms with Gasteiger partial charge in [-0.15, -0.1) is 0 Å². The molecule has 6 nitrogen and oxygen atoms in total. The minimum absolute atomic E-state index is 0.213. The highest BCUT2D eigenvalue weighted by Gasteiger charge is 2.16. The summed E-state index contributed by atoms with van der Waals surface area (Å²) < 4.78 is 4.18. The second-order valence-electron chi connectivity index (χ2n) is 3.96. The molecule has 0 spiro atoms. The van der Waals surface area contributed by atoms with Crippen LogP contribution in [0.2, 0.25) is 0 Å². The van der Waals surface area contributed by atoms with Gasteiger partial charge in [-0.2, -0.15) is 0 Å². The molecule has 2 aromatic rings. The molecule has 1 N–H and O–H groups in total. The average molecular weight is 385 g/mol. The van der Waals surface area contributed by atoms with E-state index in [4.69, 9.17) is 0 Å². The molecule has 20 heavy (non-hydrogen) atoms. The number of amides is 1. The summed E-state index contributed by atoms with van der Waals surface area (Å²) in [5.74, 6) is -0.626. The van der Waals surface area contributed by atoms with Crippen LogP contribution in [-0.4, -0.2) is 39.4 Å². The number of esters is 1. The van der Waals surface area contributed by atoms with Crippen molar-refractivity contribution < 1.29 is 14.3 Å². The molecule has 0 saturated carbocycles. The predicted molar refractivity (Wildman–Crippen MR) is 81.7 cm³/mol. The molecule has 0 aliphatic carbocycles. The molecular weight excluding hydrogens is 373 g/mol. The standard InChI is InChI=1S/C13H12IN3O3/c1-20-13(19)9(14)7-17-12(18)8-2-3-10-11(6-8)16-5-4-15-10/h2-6,9H,7H2,1H3,(H,17,18). The number of hydrogen-bond donors (Lipinski definition) is 1. The Balaban J connectivity index is 2.06. The summed E-state index contributed by atoms with van der Waals surface area (Å²) in [6, 6.07) is 5.07. The number of nitrogens with zero attached hydrogens (tertiary/aromatic N) is 2. The smallest absolute Gasteiger partial charge is 0.320 e. The Kier molecular flexibility index (Phi) is 4.83. The van der Waals surface area contributed by atoms with E-state index < -0.39 is 3.92 Å². The van der Waals surface area contributed by atoms with Crippen molar-refractivity contribution in [2.24, 2.45) is 0 Å². The van der Waals surface area contributed by atoms with Gasteiger partial charge in [-0.25, -0.2) is 0 Å². The lowest BCUT2D eigenvalue weighted by molar-refractivity contribution is -0.139. The zero-order chi connectivity index (χ0) is 14.5. The summed E-state index contributed by atoms with van der Waals surface area (Å²) in [5.41, 5.74) is 1.86. The third-order valence-corrected chi connectivity index (χ3v) is 3.58. The van der Waals surface area contributed by atoms with Gasteiger partial charge >= 0.3 is 5.97 Å². The Morgan fingerprint density at radius 1 is 1.30 bits per heavy atom. The van der Waals surface area contributed by atoms with Gasteiger partial charge in [0.25, 0.3) is 5.91 Å². The summed E-state index contributed by atoms with van der Waals surface area (Å²) >= 11 is 1.92. The molecule has 1 heterocycles. The number of halogens is 1. The van der Waals surface area contributed by atoms with E-state index in [-0.39, 0.29) is 18.4 Å². The Labute approximate surface area is 129 Å². The lowest BCUT2D eigenvalue weighted by Crippen LogP contribution is -2.33. The van der Waals surface area contributed by atoms with Gasteiger partial charge in [0.1, 0.15) is 3.92 Å². The summed E-state index contributed by atoms with van der Waals surface area (Å²) in [6.45, 7) is 0.213. The van der Waals surface area contributed by atoms with Gasteiger partial charge in [0.05, 0.1) is 18.1 Å². The van der Waals surface area contributed by atoms with Crippen molar-refractivity contribution in [2.45, 2.75) is 3.92 Å². The number of nitrogens with one attached hydrogen (secondary N) is 1. The Hall–Kier alpha value is -1.77. The van der Waals surface area contributed by atoms with Crippen molar-refractivity contribution in [2.75, 3.05) is 13.7 Å². The molecule has 0 saturated heterocycles. The van der Waals surface area contributed by atoms with Crippen LogP contribution >= 0.6 is 22.6 Å². The number of aromatic nitrogens is 2. The third-order valence-electron chi connectivity index (χ3n) is 2.63. The molecule has 0 aliphatic heterocycles. The Morgan fingerprint density at radius 3 is 2.70 bits per heavy atom. The average Bonchev–Trinajstić information content (AvgIpc) is 2.50. The van der Waals surface area contributed by atoms with Gasteiger partial charge in [0, 0.05) is 24.5 Å². The summed E-state index contributed by atoms with van der Waals surface area (Å²) in [4.78, 5) is 31.5. The van der Waals surface area contributed by atoms with Crippen LogP contribution in [0.25, 0.3) is 11.0 Å². The summed E-state index contributed by atoms with van der Waals surface area (Å²) in [6.07, 6.45) is 3.17. The van der Waals surface area contributed by atoms with Gasteiger partial charge < -0.3 is 10.1 Å². The molecule has 2 rings (SSSR count). The van der Waals surface area contributed by atoms with Crippen molar-refractivity contribution in [3.05, 3.63) is 36.2 Å². The number of hydrogen-bond acceptors (Lipinski definition) is 5. The minimum Gasteiger partial charge on any atom is -0.468 e. The highest BCUT2D eigenvalue weighted by atomic mass is 127. The zero-order valence-electron chi connectivity index (χ0n) is 10.7. The second kappa shape index (κ2) is 6.60. The van der Waals surface area contributed by atoms with E-state index in [1.807, 2.05) is 22.6 Å². The number of carbonyl (C=O) groups excluding carboxylic acids is 2. The minimum atomic E-state index is -0.415. The van der Waals surface area contributed by atoms with Crippen LogP contribution in [0, 0.1) is 0 Å². The van der Waals surface area contributed by atoms with E-state index in [1.54, 1.807) is 30.6 Å². The van der Waals surface area contributed by atoms with Crippen LogP contribution in [-0.2, 0) is 9.53 Å². The highest BCUT2D eigenvalue weighted by Crippen LogP contribution is 2.11. The van der Waals surface area contributed by atoms with Crippen LogP contribution in [0.1, 0.15) is 10.4 Å². The Bertz CT molecular complexity index is 648. The largest absolute Gasteiger partial charge is 0.468 e. The van der Waals surface area contributed by atoms with E-state index in [0.29, 0.717) is 11.1 Å². The first-order chi connectivity index (χ1) is 9.61. The number of alkyl halides is 1. The van der Waals surface area contributed by atoms with E-state index in [9.17, 15) is 9.59 Å². The molecule has 0 radical (unpaired) electrons. The fourth-order valence-corrected chi connectivity index (χ4v) is 2.07. The number of fused-ring (bicyclic) bond motifs is 1. The number of methoxy groups -OCH3 is 1. The van der Waals surface area contributed by atoms with Crippen LogP contribution < -0.4 is 5.32 Å². The van der Waals surface area contributed by atoms with Gasteiger partial charge in [-0.05, 0) is 18.2 Å². The van der Waals surface area contributed by atoms with Crippen LogP contribution in [0.4, 0.5) is 0 Å². The fourth-order valence-electron chi connectivity index (χ4n) is 1.60. The molecule has 1 unspecified atom stereocenters. The number of benzene rings is 1. The summed E-state index contributed by atoms with van der Waals surface area (Å²) in [5, 5.41) is 2.68. The van der Waals surface area contributed by atoms with Crippen molar-refractivity contribution in [3.8, 4) is 0 Å². The van der Waals surface area contributed by atoms with E-state index in [1.165, 1.54) is 7.11 Å². The van der Waals surface area contributed by atoms with Crippen LogP contribution in [0.15, 0.2) is 30.6 Å². The maximum absolute atomic E-state index is 12.0. The monoisotopic (exact) mass is 385 g/mol. The summed E-state index contributed by atoms with van der Waals surface area (Å²) in [7, 11) is 1.32. The van der Waals surface area contributed by atoms with E-state index in [2.05, 4.69) is 20.0 Å². The normalized spacial score (nSPS) is 11.9. The quantitative estimate of drug-likeness (QED) is 0.488. The molecular formula is C13H12IN3O3. The maximum atomic E-state index is 12.0. The van der Waals surface area contributed by atoms with Crippen LogP contribution in [0.5, 0.6) is 0 Å². The molecule has 1 amide bonds. The maximum Gasteiger partial charge on any atom is 0.320 e. The lowest BCUT2D eigenvalue weighted by atomic mass is 10.2. The van der Waals surface area contributed by atoms with Crippen molar-refractivity contribution >= 4 is 45.5 Å². The second-order valence-corrected chi connectivity index (χ2v) is 5.46. The zero-order valence-corrected chi connectivity index (χ0v) is 12.8. The molecule has 0 fully saturated rings. The molecule has 1 aromatic heterocycles. The first-order valence-corrected chi connectivity index (χ1v) is 7.07. The Morgan fingerprint density at radius 2 is 2.00 bits per heavy atom. The molecule has 7 heteroatoms. The SMILES string of the molecule is COC(=O)C(I)CNC(=O)c1ccc2nccnc2c1. The molecule has 1 atom stereocenters. The first kappa shape index (κ1) is 14.6. The van der Waals surface area contributed by atoms with Crippen LogP contribution in [0.3, 0.4) is 0 Å². The predicted octanol–water partition coefficient (Wildman–Crippen LogP) is 1.34. The van der Waals surface area contributed by atoms with Crippen molar-refractivity contribution in [1.82, 2.24) is 15.3 Å². The van der Waals surface area contributed by atoms with Gasteiger partial charge in [-0.1, -0.05) is 22.6 Å². The number of carbonyl (C=O) groups is 2. The van der Waals surface area contributed by atoms with E-state index in [0.717, 1.165) is 5.52 Å². The van der Waals surface area contributed by atoms with Gasteiger partial charge in [0.15, 0.2) is 0 Å². The number of rotatable bonds is 4. The number of ether oxygens (including phenoxy) is 1. The topological polar surface area (TPSA) is 81.2 Å². The molecule has 0 aliphatic rings. The van der Waals surface area contributed by atoms with Crippen molar-refractivity contribution in [3.63, 3.8) is 0 Å². The molecule has 104 valence electrons. The fraction of sp³-hybridized carbons (Fsp3) is 0.231. The third kappa shape index (κ3) is 3.41. The van der Waals surface area contributed by atoms with Gasteiger partial charge in [-0.3, -0.25) is 19.6 Å². The van der Waals surface area contributed by atoms with Crippen molar-refractivity contribution in [1.29, 1.82) is 0 Å². The molecule has 1 aromatic carbocycles.